The van der Waals surface area contributed by atoms with Crippen molar-refractivity contribution in [3.8, 4) is 0 Å². The molecule has 6 heteroatoms. The Kier molecular flexibility index (Phi) is 4.48. The number of hydrogen-bond acceptors (Lipinski definition) is 2. The van der Waals surface area contributed by atoms with E-state index in [-0.39, 0.29) is 24.1 Å². The molecule has 0 amide bonds. The lowest BCUT2D eigenvalue weighted by Crippen LogP contribution is -2.47. The Balaban J connectivity index is 2.21. The lowest BCUT2D eigenvalue weighted by atomic mass is 9.90. The minimum atomic E-state index is -2.00. The molecule has 1 aliphatic rings. The first-order valence-electron chi connectivity index (χ1n) is 7.26. The summed E-state index contributed by atoms with van der Waals surface area (Å²) in [7, 11) is -2.27. The second-order valence-electron chi connectivity index (χ2n) is 7.38. The van der Waals surface area contributed by atoms with Crippen LogP contribution >= 0.6 is 15.9 Å². The molecule has 0 atom stereocenters. The molecule has 2 rings (SSSR count). The number of halogens is 2. The fourth-order valence-corrected chi connectivity index (χ4v) is 5.65. The molecule has 2 nitrogen and oxygen atoms in total. The van der Waals surface area contributed by atoms with Crippen LogP contribution in [0.5, 0.6) is 0 Å². The van der Waals surface area contributed by atoms with Crippen molar-refractivity contribution in [3.63, 3.8) is 0 Å². The van der Waals surface area contributed by atoms with E-state index in [4.69, 9.17) is 9.31 Å². The molecule has 1 aliphatic heterocycles. The molecule has 0 N–H and O–H groups in total. The quantitative estimate of drug-likeness (QED) is 0.742. The molecule has 1 fully saturated rings. The van der Waals surface area contributed by atoms with Gasteiger partial charge in [0.05, 0.1) is 23.7 Å². The number of hydrogen-bond donors (Lipinski definition) is 0. The molecule has 0 aliphatic carbocycles. The minimum Gasteiger partial charge on any atom is -0.403 e. The minimum absolute atomic E-state index is 0.148. The van der Waals surface area contributed by atoms with Crippen molar-refractivity contribution in [1.29, 1.82) is 0 Å². The first kappa shape index (κ1) is 17.2. The highest BCUT2D eigenvalue weighted by Gasteiger charge is 2.52. The topological polar surface area (TPSA) is 18.5 Å². The summed E-state index contributed by atoms with van der Waals surface area (Å²) >= 11 is 3.27. The van der Waals surface area contributed by atoms with Crippen LogP contribution in [0.3, 0.4) is 0 Å². The van der Waals surface area contributed by atoms with E-state index in [1.165, 1.54) is 0 Å². The fraction of sp³-hybridized carbons (Fsp3) is 0.600. The Morgan fingerprint density at radius 3 is 2.19 bits per heavy atom. The van der Waals surface area contributed by atoms with E-state index in [1.807, 2.05) is 39.8 Å². The van der Waals surface area contributed by atoms with Gasteiger partial charge < -0.3 is 9.31 Å². The maximum Gasteiger partial charge on any atom is 0.455 e. The van der Waals surface area contributed by atoms with Gasteiger partial charge in [0.25, 0.3) is 0 Å². The highest BCUT2D eigenvalue weighted by Crippen LogP contribution is 2.38. The third kappa shape index (κ3) is 3.28. The van der Waals surface area contributed by atoms with Crippen LogP contribution in [-0.2, 0) is 9.31 Å². The SMILES string of the molecule is CC1(C)OB(C[Si](C)(C)c2cccc(Br)c2F)OC1(C)C. The van der Waals surface area contributed by atoms with Crippen molar-refractivity contribution in [2.45, 2.75) is 57.9 Å². The third-order valence-corrected chi connectivity index (χ3v) is 8.47. The van der Waals surface area contributed by atoms with Crippen LogP contribution in [0.4, 0.5) is 4.39 Å². The maximum absolute atomic E-state index is 14.4. The molecule has 1 aromatic rings. The van der Waals surface area contributed by atoms with Gasteiger partial charge in [0, 0.05) is 0 Å². The second-order valence-corrected chi connectivity index (χ2v) is 12.9. The van der Waals surface area contributed by atoms with Crippen LogP contribution in [0.1, 0.15) is 27.7 Å². The van der Waals surface area contributed by atoms with Crippen LogP contribution in [0.25, 0.3) is 0 Å². The predicted molar refractivity (Wildman–Crippen MR) is 92.1 cm³/mol. The Bertz CT molecular complexity index is 532. The van der Waals surface area contributed by atoms with Gasteiger partial charge in [-0.1, -0.05) is 25.2 Å². The van der Waals surface area contributed by atoms with E-state index in [9.17, 15) is 4.39 Å². The first-order chi connectivity index (χ1) is 9.46. The lowest BCUT2D eigenvalue weighted by molar-refractivity contribution is 0.00578. The average molecular weight is 373 g/mol. The van der Waals surface area contributed by atoms with Gasteiger partial charge in [-0.05, 0) is 60.8 Å². The predicted octanol–water partition coefficient (Wildman–Crippen LogP) is 4.14. The molecular formula is C15H23BBrFO2Si. The zero-order valence-corrected chi connectivity index (χ0v) is 16.2. The summed E-state index contributed by atoms with van der Waals surface area (Å²) in [6.07, 6.45) is 0. The highest BCUT2D eigenvalue weighted by molar-refractivity contribution is 9.10. The summed E-state index contributed by atoms with van der Waals surface area (Å²) in [5.74, 6) is 0.596. The smallest absolute Gasteiger partial charge is 0.403 e. The first-order valence-corrected chi connectivity index (χ1v) is 11.3. The normalized spacial score (nSPS) is 20.9. The van der Waals surface area contributed by atoms with Gasteiger partial charge in [0.1, 0.15) is 5.82 Å². The van der Waals surface area contributed by atoms with Gasteiger partial charge in [-0.15, -0.1) is 0 Å². The summed E-state index contributed by atoms with van der Waals surface area (Å²) in [5.41, 5.74) is -0.671. The molecule has 1 heterocycles. The zero-order valence-electron chi connectivity index (χ0n) is 13.6. The standard InChI is InChI=1S/C15H23BBrFO2Si/c1-14(2)15(3,4)20-16(19-14)10-21(5,6)12-9-7-8-11(17)13(12)18/h7-9H,10H2,1-6H3. The van der Waals surface area contributed by atoms with Crippen molar-refractivity contribution >= 4 is 36.3 Å². The van der Waals surface area contributed by atoms with Gasteiger partial charge in [-0.2, -0.15) is 0 Å². The van der Waals surface area contributed by atoms with Crippen LogP contribution in [0.2, 0.25) is 19.0 Å². The van der Waals surface area contributed by atoms with Crippen LogP contribution in [0.15, 0.2) is 22.7 Å². The lowest BCUT2D eigenvalue weighted by Gasteiger charge is -2.32. The van der Waals surface area contributed by atoms with E-state index in [1.54, 1.807) is 6.07 Å². The van der Waals surface area contributed by atoms with E-state index in [0.29, 0.717) is 4.47 Å². The maximum atomic E-state index is 14.4. The van der Waals surface area contributed by atoms with Crippen molar-refractivity contribution in [3.05, 3.63) is 28.5 Å². The molecule has 1 aromatic carbocycles. The van der Waals surface area contributed by atoms with Crippen LogP contribution in [0, 0.1) is 5.82 Å². The Hall–Kier alpha value is -0.168. The molecule has 21 heavy (non-hydrogen) atoms. The largest absolute Gasteiger partial charge is 0.455 e. The van der Waals surface area contributed by atoms with Gasteiger partial charge in [0.2, 0.25) is 0 Å². The summed E-state index contributed by atoms with van der Waals surface area (Å²) < 4.78 is 27.0. The third-order valence-electron chi connectivity index (χ3n) is 4.66. The number of rotatable bonds is 3. The van der Waals surface area contributed by atoms with E-state index >= 15 is 0 Å². The van der Waals surface area contributed by atoms with Gasteiger partial charge in [0.15, 0.2) is 0 Å². The molecule has 116 valence electrons. The zero-order chi connectivity index (χ0) is 16.1. The summed E-state index contributed by atoms with van der Waals surface area (Å²) in [5, 5.41) is 0.812. The molecule has 0 radical (unpaired) electrons. The Morgan fingerprint density at radius 1 is 1.14 bits per heavy atom. The van der Waals surface area contributed by atoms with E-state index < -0.39 is 8.07 Å². The van der Waals surface area contributed by atoms with Crippen LogP contribution < -0.4 is 5.19 Å². The molecule has 0 saturated carbocycles. The second kappa shape index (κ2) is 5.48. The van der Waals surface area contributed by atoms with Crippen molar-refractivity contribution in [1.82, 2.24) is 0 Å². The summed E-state index contributed by atoms with van der Waals surface area (Å²) in [6, 6.07) is 5.51. The molecule has 0 bridgehead atoms. The monoisotopic (exact) mass is 372 g/mol. The summed E-state index contributed by atoms with van der Waals surface area (Å²) in [6.45, 7) is 12.5. The molecule has 1 saturated heterocycles. The Labute approximate surface area is 136 Å². The van der Waals surface area contributed by atoms with E-state index in [2.05, 4.69) is 29.0 Å². The number of benzene rings is 1. The molecule has 0 unspecified atom stereocenters. The fourth-order valence-electron chi connectivity index (χ4n) is 2.60. The van der Waals surface area contributed by atoms with Gasteiger partial charge >= 0.3 is 7.12 Å². The highest BCUT2D eigenvalue weighted by atomic mass is 79.9. The van der Waals surface area contributed by atoms with Gasteiger partial charge in [-0.25, -0.2) is 4.39 Å². The van der Waals surface area contributed by atoms with Crippen molar-refractivity contribution < 1.29 is 13.7 Å². The molecular weight excluding hydrogens is 350 g/mol. The molecule has 0 aromatic heterocycles. The Morgan fingerprint density at radius 2 is 1.67 bits per heavy atom. The van der Waals surface area contributed by atoms with Crippen molar-refractivity contribution in [2.75, 3.05) is 0 Å². The summed E-state index contributed by atoms with van der Waals surface area (Å²) in [4.78, 5) is 0. The van der Waals surface area contributed by atoms with Crippen molar-refractivity contribution in [2.24, 2.45) is 0 Å². The average Bonchev–Trinajstić information content (AvgIpc) is 2.49. The van der Waals surface area contributed by atoms with Crippen LogP contribution in [-0.4, -0.2) is 26.4 Å². The van der Waals surface area contributed by atoms with E-state index in [0.717, 1.165) is 11.1 Å². The molecule has 0 spiro atoms. The van der Waals surface area contributed by atoms with Gasteiger partial charge in [-0.3, -0.25) is 0 Å².